The lowest BCUT2D eigenvalue weighted by molar-refractivity contribution is -0.179. The monoisotopic (exact) mass is 425 g/mol. The lowest BCUT2D eigenvalue weighted by Gasteiger charge is -2.22. The number of carbonyl (C=O) groups excluding carboxylic acids is 5. The Labute approximate surface area is 170 Å². The van der Waals surface area contributed by atoms with Gasteiger partial charge >= 0.3 is 29.8 Å². The highest BCUT2D eigenvalue weighted by Crippen LogP contribution is 2.19. The Morgan fingerprint density at radius 1 is 0.800 bits per heavy atom. The summed E-state index contributed by atoms with van der Waals surface area (Å²) in [7, 11) is 2.19. The number of aliphatic carboxylic acids is 1. The van der Waals surface area contributed by atoms with Crippen molar-refractivity contribution in [2.24, 2.45) is 0 Å². The standard InChI is InChI=1S/C18H19NO11/c1-8(20)29-13(14(16(23)24)30-9(2)21)15(22)19-12-6-10(17(25)27-3)5-11(7-12)18(26)28-4/h5-7,13-14H,1-4H3,(H,19,22)(H,23,24)/t13-,14-/m1/s1. The Morgan fingerprint density at radius 2 is 1.23 bits per heavy atom. The van der Waals surface area contributed by atoms with Crippen molar-refractivity contribution in [1.82, 2.24) is 0 Å². The molecule has 12 nitrogen and oxygen atoms in total. The van der Waals surface area contributed by atoms with Crippen LogP contribution in [0.25, 0.3) is 0 Å². The van der Waals surface area contributed by atoms with Gasteiger partial charge in [0.05, 0.1) is 25.3 Å². The van der Waals surface area contributed by atoms with Gasteiger partial charge in [0.25, 0.3) is 5.91 Å². The molecule has 0 heterocycles. The molecule has 0 fully saturated rings. The average Bonchev–Trinajstić information content (AvgIpc) is 2.68. The summed E-state index contributed by atoms with van der Waals surface area (Å²) in [5.74, 6) is -6.67. The maximum absolute atomic E-state index is 12.6. The summed E-state index contributed by atoms with van der Waals surface area (Å²) >= 11 is 0. The molecule has 2 N–H and O–H groups in total. The van der Waals surface area contributed by atoms with Gasteiger partial charge in [0, 0.05) is 19.5 Å². The van der Waals surface area contributed by atoms with Crippen molar-refractivity contribution in [3.05, 3.63) is 29.3 Å². The number of hydrogen-bond donors (Lipinski definition) is 2. The summed E-state index contributed by atoms with van der Waals surface area (Å²) in [6, 6.07) is 3.40. The molecule has 0 saturated heterocycles. The molecule has 0 aromatic heterocycles. The van der Waals surface area contributed by atoms with Crippen LogP contribution < -0.4 is 5.32 Å². The number of esters is 4. The Morgan fingerprint density at radius 3 is 1.60 bits per heavy atom. The molecule has 0 saturated carbocycles. The summed E-state index contributed by atoms with van der Waals surface area (Å²) in [4.78, 5) is 70.2. The Balaban J connectivity index is 3.34. The molecule has 0 bridgehead atoms. The molecular weight excluding hydrogens is 406 g/mol. The quantitative estimate of drug-likeness (QED) is 0.429. The summed E-state index contributed by atoms with van der Waals surface area (Å²) in [6.45, 7) is 1.82. The molecule has 2 atom stereocenters. The molecule has 1 aromatic rings. The van der Waals surface area contributed by atoms with Gasteiger partial charge in [-0.3, -0.25) is 14.4 Å². The minimum Gasteiger partial charge on any atom is -0.478 e. The van der Waals surface area contributed by atoms with Gasteiger partial charge in [-0.2, -0.15) is 0 Å². The SMILES string of the molecule is COC(=O)c1cc(NC(=O)[C@H](OC(C)=O)[C@@H](OC(C)=O)C(=O)O)cc(C(=O)OC)c1. The number of carboxylic acid groups (broad SMARTS) is 1. The Hall–Kier alpha value is -3.96. The fourth-order valence-corrected chi connectivity index (χ4v) is 2.24. The number of nitrogens with one attached hydrogen (secondary N) is 1. The van der Waals surface area contributed by atoms with E-state index < -0.39 is 48.0 Å². The summed E-state index contributed by atoms with van der Waals surface area (Å²) in [5, 5.41) is 11.5. The van der Waals surface area contributed by atoms with E-state index in [2.05, 4.69) is 19.5 Å². The normalized spacial score (nSPS) is 12.0. The molecule has 1 aromatic carbocycles. The van der Waals surface area contributed by atoms with Crippen molar-refractivity contribution in [3.8, 4) is 0 Å². The topological polar surface area (TPSA) is 172 Å². The maximum atomic E-state index is 12.6. The molecule has 0 aliphatic heterocycles. The van der Waals surface area contributed by atoms with Gasteiger partial charge in [-0.1, -0.05) is 0 Å². The summed E-state index contributed by atoms with van der Waals surface area (Å²) in [6.07, 6.45) is -4.21. The van der Waals surface area contributed by atoms with Gasteiger partial charge in [0.2, 0.25) is 12.2 Å². The highest BCUT2D eigenvalue weighted by atomic mass is 16.6. The molecule has 30 heavy (non-hydrogen) atoms. The predicted molar refractivity (Wildman–Crippen MR) is 96.5 cm³/mol. The molecule has 0 aliphatic carbocycles. The van der Waals surface area contributed by atoms with E-state index in [9.17, 15) is 33.9 Å². The number of ether oxygens (including phenoxy) is 4. The number of anilines is 1. The lowest BCUT2D eigenvalue weighted by atomic mass is 10.1. The van der Waals surface area contributed by atoms with Crippen molar-refractivity contribution in [3.63, 3.8) is 0 Å². The molecule has 0 unspecified atom stereocenters. The van der Waals surface area contributed by atoms with Gasteiger partial charge in [-0.15, -0.1) is 0 Å². The smallest absolute Gasteiger partial charge is 0.349 e. The number of methoxy groups -OCH3 is 2. The number of amides is 1. The summed E-state index contributed by atoms with van der Waals surface area (Å²) < 4.78 is 18.4. The van der Waals surface area contributed by atoms with Crippen LogP contribution in [0.1, 0.15) is 34.6 Å². The van der Waals surface area contributed by atoms with Crippen molar-refractivity contribution in [2.75, 3.05) is 19.5 Å². The third kappa shape index (κ3) is 6.58. The van der Waals surface area contributed by atoms with E-state index in [1.54, 1.807) is 0 Å². The van der Waals surface area contributed by atoms with Crippen LogP contribution in [-0.4, -0.2) is 67.3 Å². The van der Waals surface area contributed by atoms with Crippen molar-refractivity contribution in [2.45, 2.75) is 26.1 Å². The second kappa shape index (κ2) is 10.5. The van der Waals surface area contributed by atoms with Gasteiger partial charge in [0.1, 0.15) is 0 Å². The van der Waals surface area contributed by atoms with Gasteiger partial charge < -0.3 is 29.4 Å². The van der Waals surface area contributed by atoms with Crippen LogP contribution in [0.5, 0.6) is 0 Å². The largest absolute Gasteiger partial charge is 0.478 e. The fraction of sp³-hybridized carbons (Fsp3) is 0.333. The zero-order chi connectivity index (χ0) is 23.0. The number of carbonyl (C=O) groups is 6. The third-order valence-electron chi connectivity index (χ3n) is 3.41. The predicted octanol–water partition coefficient (Wildman–Crippen LogP) is 0.146. The van der Waals surface area contributed by atoms with Crippen LogP contribution in [0, 0.1) is 0 Å². The first-order valence-electron chi connectivity index (χ1n) is 8.20. The average molecular weight is 425 g/mol. The van der Waals surface area contributed by atoms with E-state index in [4.69, 9.17) is 4.74 Å². The van der Waals surface area contributed by atoms with E-state index in [1.165, 1.54) is 0 Å². The number of carboxylic acids is 1. The Kier molecular flexibility index (Phi) is 8.47. The van der Waals surface area contributed by atoms with E-state index in [1.807, 2.05) is 0 Å². The fourth-order valence-electron chi connectivity index (χ4n) is 2.24. The van der Waals surface area contributed by atoms with E-state index in [0.717, 1.165) is 46.3 Å². The van der Waals surface area contributed by atoms with Crippen LogP contribution in [0.4, 0.5) is 5.69 Å². The van der Waals surface area contributed by atoms with Crippen LogP contribution >= 0.6 is 0 Å². The Bertz CT molecular complexity index is 843. The zero-order valence-electron chi connectivity index (χ0n) is 16.4. The highest BCUT2D eigenvalue weighted by Gasteiger charge is 2.39. The lowest BCUT2D eigenvalue weighted by Crippen LogP contribution is -2.47. The van der Waals surface area contributed by atoms with E-state index in [0.29, 0.717) is 0 Å². The number of rotatable bonds is 8. The first-order valence-corrected chi connectivity index (χ1v) is 8.20. The molecule has 0 radical (unpaired) electrons. The van der Waals surface area contributed by atoms with Gasteiger partial charge in [-0.05, 0) is 18.2 Å². The number of hydrogen-bond acceptors (Lipinski definition) is 10. The second-order valence-corrected chi connectivity index (χ2v) is 5.67. The van der Waals surface area contributed by atoms with Crippen molar-refractivity contribution in [1.29, 1.82) is 0 Å². The molecule has 12 heteroatoms. The highest BCUT2D eigenvalue weighted by molar-refractivity contribution is 6.02. The molecule has 162 valence electrons. The molecular formula is C18H19NO11. The third-order valence-corrected chi connectivity index (χ3v) is 3.41. The molecule has 1 rings (SSSR count). The summed E-state index contributed by atoms with van der Waals surface area (Å²) in [5.41, 5.74) is -0.406. The van der Waals surface area contributed by atoms with Gasteiger partial charge in [0.15, 0.2) is 0 Å². The van der Waals surface area contributed by atoms with Gasteiger partial charge in [-0.25, -0.2) is 14.4 Å². The first kappa shape index (κ1) is 24.1. The first-order chi connectivity index (χ1) is 14.0. The number of benzene rings is 1. The minimum absolute atomic E-state index is 0.130. The van der Waals surface area contributed by atoms with Crippen LogP contribution in [0.3, 0.4) is 0 Å². The molecule has 0 spiro atoms. The molecule has 1 amide bonds. The second-order valence-electron chi connectivity index (χ2n) is 5.67. The molecule has 0 aliphatic rings. The van der Waals surface area contributed by atoms with Crippen molar-refractivity contribution < 1.29 is 52.8 Å². The van der Waals surface area contributed by atoms with E-state index >= 15 is 0 Å². The van der Waals surface area contributed by atoms with Crippen LogP contribution in [-0.2, 0) is 38.1 Å². The zero-order valence-corrected chi connectivity index (χ0v) is 16.4. The minimum atomic E-state index is -2.14. The van der Waals surface area contributed by atoms with Crippen molar-refractivity contribution >= 4 is 41.4 Å². The maximum Gasteiger partial charge on any atom is 0.349 e. The van der Waals surface area contributed by atoms with Crippen LogP contribution in [0.15, 0.2) is 18.2 Å². The van der Waals surface area contributed by atoms with E-state index in [-0.39, 0.29) is 16.8 Å². The van der Waals surface area contributed by atoms with Crippen LogP contribution in [0.2, 0.25) is 0 Å².